The van der Waals surface area contributed by atoms with Gasteiger partial charge in [0.15, 0.2) is 0 Å². The predicted molar refractivity (Wildman–Crippen MR) is 56.1 cm³/mol. The third kappa shape index (κ3) is 1.91. The largest absolute Gasteiger partial charge is 0.302 e. The molecule has 1 aliphatic carbocycles. The Balaban J connectivity index is 1.90. The van der Waals surface area contributed by atoms with E-state index in [1.165, 1.54) is 4.90 Å². The predicted octanol–water partition coefficient (Wildman–Crippen LogP) is 0.522. The lowest BCUT2D eigenvalue weighted by molar-refractivity contribution is -0.138. The Morgan fingerprint density at radius 1 is 1.40 bits per heavy atom. The van der Waals surface area contributed by atoms with Gasteiger partial charge in [-0.2, -0.15) is 0 Å². The maximum atomic E-state index is 11.7. The van der Waals surface area contributed by atoms with Crippen molar-refractivity contribution in [3.63, 3.8) is 0 Å². The first-order valence-corrected chi connectivity index (χ1v) is 5.77. The zero-order chi connectivity index (χ0) is 11.0. The Morgan fingerprint density at radius 2 is 2.13 bits per heavy atom. The molecule has 15 heavy (non-hydrogen) atoms. The summed E-state index contributed by atoms with van der Waals surface area (Å²) in [5.41, 5.74) is 0. The van der Waals surface area contributed by atoms with Crippen LogP contribution in [0.3, 0.4) is 0 Å². The molecule has 0 aromatic rings. The van der Waals surface area contributed by atoms with Crippen LogP contribution in [0.4, 0.5) is 0 Å². The highest BCUT2D eigenvalue weighted by Gasteiger charge is 2.43. The van der Waals surface area contributed by atoms with Gasteiger partial charge in [0.1, 0.15) is 0 Å². The molecule has 3 unspecified atom stereocenters. The number of amides is 2. The van der Waals surface area contributed by atoms with Gasteiger partial charge in [0.05, 0.1) is 12.5 Å². The quantitative estimate of drug-likeness (QED) is 0.688. The van der Waals surface area contributed by atoms with Gasteiger partial charge in [-0.3, -0.25) is 14.5 Å². The number of carbonyl (C=O) groups excluding carboxylic acids is 2. The average Bonchev–Trinajstić information content (AvgIpc) is 2.90. The summed E-state index contributed by atoms with van der Waals surface area (Å²) in [6.07, 6.45) is 2.66. The van der Waals surface area contributed by atoms with E-state index in [9.17, 15) is 9.59 Å². The molecular formula is C11H18N2O2. The normalized spacial score (nSPS) is 35.1. The summed E-state index contributed by atoms with van der Waals surface area (Å²) in [5, 5.41) is 3.29. The monoisotopic (exact) mass is 210 g/mol. The van der Waals surface area contributed by atoms with E-state index in [4.69, 9.17) is 0 Å². The molecule has 1 N–H and O–H groups in total. The molecule has 2 amide bonds. The highest BCUT2D eigenvalue weighted by Crippen LogP contribution is 2.34. The summed E-state index contributed by atoms with van der Waals surface area (Å²) in [6.45, 7) is 4.49. The van der Waals surface area contributed by atoms with E-state index in [1.54, 1.807) is 0 Å². The number of imide groups is 1. The molecule has 0 bridgehead atoms. The molecule has 2 rings (SSSR count). The number of hydrogen-bond donors (Lipinski definition) is 1. The van der Waals surface area contributed by atoms with Gasteiger partial charge in [0.2, 0.25) is 11.8 Å². The highest BCUT2D eigenvalue weighted by atomic mass is 16.2. The molecule has 4 heteroatoms. The first-order chi connectivity index (χ1) is 7.17. The Bertz CT molecular complexity index is 290. The third-order valence-electron chi connectivity index (χ3n) is 3.42. The number of carbonyl (C=O) groups is 2. The van der Waals surface area contributed by atoms with Gasteiger partial charge < -0.3 is 5.32 Å². The van der Waals surface area contributed by atoms with E-state index in [0.717, 1.165) is 12.8 Å². The lowest BCUT2D eigenvalue weighted by atomic mass is 10.2. The first kappa shape index (κ1) is 10.6. The molecule has 0 aromatic heterocycles. The lowest BCUT2D eigenvalue weighted by Crippen LogP contribution is -2.40. The van der Waals surface area contributed by atoms with Crippen LogP contribution in [0.2, 0.25) is 0 Å². The van der Waals surface area contributed by atoms with Crippen molar-refractivity contribution in [2.75, 3.05) is 6.54 Å². The molecule has 1 heterocycles. The van der Waals surface area contributed by atoms with E-state index in [0.29, 0.717) is 24.9 Å². The number of rotatable bonds is 4. The van der Waals surface area contributed by atoms with Crippen LogP contribution in [0.25, 0.3) is 0 Å². The van der Waals surface area contributed by atoms with Crippen molar-refractivity contribution in [1.82, 2.24) is 10.2 Å². The summed E-state index contributed by atoms with van der Waals surface area (Å²) < 4.78 is 0. The average molecular weight is 210 g/mol. The summed E-state index contributed by atoms with van der Waals surface area (Å²) in [7, 11) is 0. The lowest BCUT2D eigenvalue weighted by Gasteiger charge is -2.12. The van der Waals surface area contributed by atoms with Crippen LogP contribution in [0.15, 0.2) is 0 Å². The molecule has 1 saturated heterocycles. The zero-order valence-electron chi connectivity index (χ0n) is 9.32. The summed E-state index contributed by atoms with van der Waals surface area (Å²) >= 11 is 0. The first-order valence-electron chi connectivity index (χ1n) is 5.77. The molecule has 1 saturated carbocycles. The van der Waals surface area contributed by atoms with Crippen molar-refractivity contribution in [3.05, 3.63) is 0 Å². The van der Waals surface area contributed by atoms with Gasteiger partial charge >= 0.3 is 0 Å². The minimum absolute atomic E-state index is 0.0336. The minimum atomic E-state index is -0.251. The van der Waals surface area contributed by atoms with Gasteiger partial charge in [-0.1, -0.05) is 13.3 Å². The standard InChI is InChI=1S/C11H18N2O2/c1-3-7-5-8(7)12-9-6-10(14)13(4-2)11(9)15/h7-9,12H,3-6H2,1-2H3. The molecule has 3 atom stereocenters. The molecule has 2 fully saturated rings. The maximum Gasteiger partial charge on any atom is 0.246 e. The fourth-order valence-corrected chi connectivity index (χ4v) is 2.31. The molecule has 0 aromatic carbocycles. The summed E-state index contributed by atoms with van der Waals surface area (Å²) in [5.74, 6) is 0.640. The van der Waals surface area contributed by atoms with Crippen molar-refractivity contribution >= 4 is 11.8 Å². The fourth-order valence-electron chi connectivity index (χ4n) is 2.31. The van der Waals surface area contributed by atoms with Gasteiger partial charge in [-0.15, -0.1) is 0 Å². The van der Waals surface area contributed by atoms with E-state index in [1.807, 2.05) is 6.92 Å². The molecule has 1 aliphatic heterocycles. The summed E-state index contributed by atoms with van der Waals surface area (Å²) in [6, 6.07) is 0.215. The number of likely N-dealkylation sites (tertiary alicyclic amines) is 1. The Labute approximate surface area is 90.0 Å². The van der Waals surface area contributed by atoms with Gasteiger partial charge in [-0.05, 0) is 19.3 Å². The maximum absolute atomic E-state index is 11.7. The molecule has 2 aliphatic rings. The number of hydrogen-bond acceptors (Lipinski definition) is 3. The van der Waals surface area contributed by atoms with Gasteiger partial charge in [-0.25, -0.2) is 0 Å². The van der Waals surface area contributed by atoms with Crippen molar-refractivity contribution in [2.24, 2.45) is 5.92 Å². The van der Waals surface area contributed by atoms with Gasteiger partial charge in [0, 0.05) is 12.6 Å². The number of nitrogens with one attached hydrogen (secondary N) is 1. The van der Waals surface area contributed by atoms with Crippen LogP contribution in [0.1, 0.15) is 33.1 Å². The van der Waals surface area contributed by atoms with Crippen LogP contribution >= 0.6 is 0 Å². The third-order valence-corrected chi connectivity index (χ3v) is 3.42. The van der Waals surface area contributed by atoms with E-state index < -0.39 is 0 Å². The molecule has 4 nitrogen and oxygen atoms in total. The number of likely N-dealkylation sites (N-methyl/N-ethyl adjacent to an activating group) is 1. The Hall–Kier alpha value is -0.900. The smallest absolute Gasteiger partial charge is 0.246 e. The number of nitrogens with zero attached hydrogens (tertiary/aromatic N) is 1. The SMILES string of the molecule is CCC1CC1NC1CC(=O)N(CC)C1=O. The Morgan fingerprint density at radius 3 is 2.60 bits per heavy atom. The van der Waals surface area contributed by atoms with Crippen LogP contribution in [-0.4, -0.2) is 35.3 Å². The minimum Gasteiger partial charge on any atom is -0.302 e. The van der Waals surface area contributed by atoms with Crippen molar-refractivity contribution < 1.29 is 9.59 Å². The van der Waals surface area contributed by atoms with E-state index in [2.05, 4.69) is 12.2 Å². The fraction of sp³-hybridized carbons (Fsp3) is 0.818. The van der Waals surface area contributed by atoms with Gasteiger partial charge in [0.25, 0.3) is 0 Å². The topological polar surface area (TPSA) is 49.4 Å². The zero-order valence-corrected chi connectivity index (χ0v) is 9.32. The van der Waals surface area contributed by atoms with Crippen LogP contribution < -0.4 is 5.32 Å². The van der Waals surface area contributed by atoms with Crippen LogP contribution in [-0.2, 0) is 9.59 Å². The van der Waals surface area contributed by atoms with Crippen LogP contribution in [0.5, 0.6) is 0 Å². The van der Waals surface area contributed by atoms with E-state index in [-0.39, 0.29) is 17.9 Å². The second-order valence-electron chi connectivity index (χ2n) is 4.41. The van der Waals surface area contributed by atoms with E-state index >= 15 is 0 Å². The van der Waals surface area contributed by atoms with Crippen molar-refractivity contribution in [1.29, 1.82) is 0 Å². The molecule has 0 spiro atoms. The van der Waals surface area contributed by atoms with Crippen LogP contribution in [0, 0.1) is 5.92 Å². The highest BCUT2D eigenvalue weighted by molar-refractivity contribution is 6.05. The van der Waals surface area contributed by atoms with Crippen molar-refractivity contribution in [3.8, 4) is 0 Å². The molecular weight excluding hydrogens is 192 g/mol. The second-order valence-corrected chi connectivity index (χ2v) is 4.41. The molecule has 0 radical (unpaired) electrons. The van der Waals surface area contributed by atoms with Crippen molar-refractivity contribution in [2.45, 2.75) is 45.2 Å². The Kier molecular flexibility index (Phi) is 2.78. The summed E-state index contributed by atoms with van der Waals surface area (Å²) in [4.78, 5) is 24.5. The second kappa shape index (κ2) is 3.93. The molecule has 84 valence electrons.